The van der Waals surface area contributed by atoms with Gasteiger partial charge in [0.05, 0.1) is 16.3 Å². The topological polar surface area (TPSA) is 129 Å². The largest absolute Gasteiger partial charge is 1.00 e. The molecule has 2 N–H and O–H groups in total. The van der Waals surface area contributed by atoms with Crippen LogP contribution in [-0.2, 0) is 4.79 Å². The third kappa shape index (κ3) is 7.01. The van der Waals surface area contributed by atoms with E-state index in [-0.39, 0.29) is 57.8 Å². The van der Waals surface area contributed by atoms with Crippen LogP contribution in [0.2, 0.25) is 0 Å². The van der Waals surface area contributed by atoms with Gasteiger partial charge in [0.25, 0.3) is 0 Å². The van der Waals surface area contributed by atoms with Crippen LogP contribution >= 0.6 is 0 Å². The standard InChI is InChI=1S/C4H7N3O5.K/c5-3(8)1-2-4(6(9)10)7(11)12;/h4H,1-2H2,(H2,5,8);/q;+1. The van der Waals surface area contributed by atoms with Crippen LogP contribution in [0.25, 0.3) is 0 Å². The molecule has 8 nitrogen and oxygen atoms in total. The van der Waals surface area contributed by atoms with Crippen LogP contribution in [-0.4, -0.2) is 21.9 Å². The minimum atomic E-state index is -1.93. The van der Waals surface area contributed by atoms with Crippen molar-refractivity contribution in [2.24, 2.45) is 5.73 Å². The van der Waals surface area contributed by atoms with Gasteiger partial charge in [-0.05, 0) is 0 Å². The van der Waals surface area contributed by atoms with Crippen LogP contribution in [0.5, 0.6) is 0 Å². The van der Waals surface area contributed by atoms with Crippen molar-refractivity contribution in [2.45, 2.75) is 19.0 Å². The summed E-state index contributed by atoms with van der Waals surface area (Å²) < 4.78 is 0. The van der Waals surface area contributed by atoms with Crippen LogP contribution in [0.15, 0.2) is 0 Å². The summed E-state index contributed by atoms with van der Waals surface area (Å²) in [4.78, 5) is 28.0. The number of primary amides is 1. The second kappa shape index (κ2) is 7.32. The first-order valence-electron chi connectivity index (χ1n) is 3.00. The first-order valence-corrected chi connectivity index (χ1v) is 3.00. The normalized spacial score (nSPS) is 9.00. The first-order chi connectivity index (χ1) is 5.45. The Balaban J connectivity index is 0. The van der Waals surface area contributed by atoms with Crippen LogP contribution < -0.4 is 57.1 Å². The SMILES string of the molecule is NC(=O)CCC([N+](=O)[O-])[N+](=O)[O-].[K+]. The fourth-order valence-corrected chi connectivity index (χ4v) is 0.559. The van der Waals surface area contributed by atoms with Crippen molar-refractivity contribution in [1.82, 2.24) is 0 Å². The molecule has 0 aromatic rings. The van der Waals surface area contributed by atoms with Gasteiger partial charge in [-0.15, -0.1) is 0 Å². The van der Waals surface area contributed by atoms with Gasteiger partial charge >= 0.3 is 57.6 Å². The van der Waals surface area contributed by atoms with Crippen molar-refractivity contribution in [2.75, 3.05) is 0 Å². The summed E-state index contributed by atoms with van der Waals surface area (Å²) in [6, 6.07) is 0. The zero-order valence-electron chi connectivity index (χ0n) is 7.00. The predicted molar refractivity (Wildman–Crippen MR) is 36.2 cm³/mol. The number of rotatable bonds is 5. The molecule has 68 valence electrons. The van der Waals surface area contributed by atoms with Crippen LogP contribution in [0.1, 0.15) is 12.8 Å². The van der Waals surface area contributed by atoms with Gasteiger partial charge in [0.15, 0.2) is 0 Å². The second-order valence-corrected chi connectivity index (χ2v) is 2.06. The van der Waals surface area contributed by atoms with Crippen LogP contribution in [0.4, 0.5) is 0 Å². The van der Waals surface area contributed by atoms with Gasteiger partial charge in [-0.3, -0.25) is 25.0 Å². The Hall–Kier alpha value is -0.0936. The van der Waals surface area contributed by atoms with Gasteiger partial charge < -0.3 is 5.73 Å². The molecule has 0 radical (unpaired) electrons. The van der Waals surface area contributed by atoms with Crippen molar-refractivity contribution in [3.05, 3.63) is 20.2 Å². The number of carbonyl (C=O) groups excluding carboxylic acids is 1. The first kappa shape index (κ1) is 15.4. The maximum absolute atomic E-state index is 10.1. The average molecular weight is 216 g/mol. The summed E-state index contributed by atoms with van der Waals surface area (Å²) in [5, 5.41) is 19.9. The molecule has 0 bridgehead atoms. The molecule has 0 spiro atoms. The van der Waals surface area contributed by atoms with Crippen LogP contribution in [0.3, 0.4) is 0 Å². The number of hydrogen-bond donors (Lipinski definition) is 1. The maximum Gasteiger partial charge on any atom is 1.00 e. The molecule has 0 aromatic heterocycles. The average Bonchev–Trinajstić information content (AvgIpc) is 1.84. The molecule has 0 rings (SSSR count). The fourth-order valence-electron chi connectivity index (χ4n) is 0.559. The van der Waals surface area contributed by atoms with Gasteiger partial charge in [-0.25, -0.2) is 0 Å². The molecule has 0 heterocycles. The third-order valence-corrected chi connectivity index (χ3v) is 1.14. The van der Waals surface area contributed by atoms with Crippen molar-refractivity contribution in [3.8, 4) is 0 Å². The van der Waals surface area contributed by atoms with E-state index < -0.39 is 28.3 Å². The van der Waals surface area contributed by atoms with Crippen molar-refractivity contribution >= 4 is 5.91 Å². The zero-order valence-corrected chi connectivity index (χ0v) is 10.1. The third-order valence-electron chi connectivity index (χ3n) is 1.14. The van der Waals surface area contributed by atoms with E-state index in [9.17, 15) is 25.0 Å². The molecule has 0 aliphatic carbocycles. The van der Waals surface area contributed by atoms with E-state index in [1.165, 1.54) is 0 Å². The number of nitro groups is 2. The maximum atomic E-state index is 10.1. The Kier molecular flexibility index (Phi) is 8.67. The van der Waals surface area contributed by atoms with E-state index in [2.05, 4.69) is 5.73 Å². The Morgan fingerprint density at radius 3 is 1.92 bits per heavy atom. The second-order valence-electron chi connectivity index (χ2n) is 2.06. The smallest absolute Gasteiger partial charge is 0.370 e. The summed E-state index contributed by atoms with van der Waals surface area (Å²) in [5.74, 6) is -0.788. The van der Waals surface area contributed by atoms with Crippen LogP contribution in [0, 0.1) is 20.2 Å². The molecular formula is C4H7KN3O5+. The molecule has 0 saturated heterocycles. The molecule has 0 saturated carbocycles. The molecule has 0 unspecified atom stereocenters. The quantitative estimate of drug-likeness (QED) is 0.217. The monoisotopic (exact) mass is 216 g/mol. The number of hydrogen-bond acceptors (Lipinski definition) is 5. The number of nitrogens with two attached hydrogens (primary N) is 1. The van der Waals surface area contributed by atoms with E-state index >= 15 is 0 Å². The minimum absolute atomic E-state index is 0. The Morgan fingerprint density at radius 2 is 1.69 bits per heavy atom. The molecule has 0 fully saturated rings. The summed E-state index contributed by atoms with van der Waals surface area (Å²) in [5.41, 5.74) is 4.66. The van der Waals surface area contributed by atoms with Crippen molar-refractivity contribution < 1.29 is 66.0 Å². The number of nitrogens with zero attached hydrogens (tertiary/aromatic N) is 2. The predicted octanol–water partition coefficient (Wildman–Crippen LogP) is -3.86. The van der Waals surface area contributed by atoms with Crippen molar-refractivity contribution in [3.63, 3.8) is 0 Å². The van der Waals surface area contributed by atoms with E-state index in [1.54, 1.807) is 0 Å². The molecule has 9 heteroatoms. The Bertz CT molecular complexity index is 206. The Morgan fingerprint density at radius 1 is 1.31 bits per heavy atom. The number of amides is 1. The molecule has 0 aliphatic rings. The Labute approximate surface area is 116 Å². The molecular weight excluding hydrogens is 209 g/mol. The molecule has 0 atom stereocenters. The fraction of sp³-hybridized carbons (Fsp3) is 0.750. The minimum Gasteiger partial charge on any atom is -0.370 e. The van der Waals surface area contributed by atoms with Gasteiger partial charge in [0, 0.05) is 6.42 Å². The molecule has 0 aliphatic heterocycles. The van der Waals surface area contributed by atoms with E-state index in [0.29, 0.717) is 0 Å². The van der Waals surface area contributed by atoms with E-state index in [0.717, 1.165) is 0 Å². The van der Waals surface area contributed by atoms with E-state index in [1.807, 2.05) is 0 Å². The summed E-state index contributed by atoms with van der Waals surface area (Å²) in [6.45, 7) is 0. The van der Waals surface area contributed by atoms with Gasteiger partial charge in [0.1, 0.15) is 0 Å². The molecule has 13 heavy (non-hydrogen) atoms. The molecule has 0 aromatic carbocycles. The van der Waals surface area contributed by atoms with Gasteiger partial charge in [0.2, 0.25) is 5.91 Å². The van der Waals surface area contributed by atoms with Crippen molar-refractivity contribution in [1.29, 1.82) is 0 Å². The van der Waals surface area contributed by atoms with Gasteiger partial charge in [-0.1, -0.05) is 0 Å². The van der Waals surface area contributed by atoms with E-state index in [4.69, 9.17) is 0 Å². The molecule has 1 amide bonds. The summed E-state index contributed by atoms with van der Waals surface area (Å²) in [6.07, 6.45) is -2.75. The summed E-state index contributed by atoms with van der Waals surface area (Å²) >= 11 is 0. The summed E-state index contributed by atoms with van der Waals surface area (Å²) in [7, 11) is 0. The number of carbonyl (C=O) groups is 1. The zero-order chi connectivity index (χ0) is 9.72. The van der Waals surface area contributed by atoms with Gasteiger partial charge in [-0.2, -0.15) is 0 Å².